The maximum atomic E-state index is 11.4. The second-order valence-electron chi connectivity index (χ2n) is 1.97. The van der Waals surface area contributed by atoms with E-state index in [-0.39, 0.29) is 0 Å². The summed E-state index contributed by atoms with van der Waals surface area (Å²) >= 11 is 0. The summed E-state index contributed by atoms with van der Waals surface area (Å²) in [6.45, 7) is 1.78. The van der Waals surface area contributed by atoms with Crippen molar-refractivity contribution in [3.8, 4) is 0 Å². The molecule has 0 aromatic rings. The Morgan fingerprint density at radius 2 is 1.91 bits per heavy atom. The van der Waals surface area contributed by atoms with Crippen LogP contribution in [0.4, 0.5) is 0 Å². The summed E-state index contributed by atoms with van der Waals surface area (Å²) in [6.07, 6.45) is 0. The zero-order chi connectivity index (χ0) is 8.91. The predicted molar refractivity (Wildman–Crippen MR) is 44.4 cm³/mol. The lowest BCUT2D eigenvalue weighted by atomic mass is 10.6. The number of hydrogen-bond acceptors (Lipinski definition) is 4. The van der Waals surface area contributed by atoms with Gasteiger partial charge in [0.2, 0.25) is 0 Å². The first-order chi connectivity index (χ1) is 5.08. The van der Waals surface area contributed by atoms with Crippen LogP contribution in [0.15, 0.2) is 11.5 Å². The molecule has 0 radical (unpaired) electrons. The molecule has 5 heteroatoms. The molecule has 0 spiro atoms. The van der Waals surface area contributed by atoms with Gasteiger partial charge in [-0.1, -0.05) is 0 Å². The molecule has 0 amide bonds. The third-order valence-corrected chi connectivity index (χ3v) is 2.98. The molecule has 0 fully saturated rings. The summed E-state index contributed by atoms with van der Waals surface area (Å²) in [5.41, 5.74) is 0.761. The molecule has 1 N–H and O–H groups in total. The van der Waals surface area contributed by atoms with Crippen molar-refractivity contribution in [3.63, 3.8) is 0 Å². The molecule has 0 unspecified atom stereocenters. The predicted octanol–water partition coefficient (Wildman–Crippen LogP) is 1.55. The van der Waals surface area contributed by atoms with Gasteiger partial charge in [-0.25, -0.2) is 0 Å². The summed E-state index contributed by atoms with van der Waals surface area (Å²) in [4.78, 5) is 0. The fraction of sp³-hybridized carbons (Fsp3) is 0.667. The molecule has 4 nitrogen and oxygen atoms in total. The standard InChI is InChI=1S/C6H14NO3P/c1-6(7-2)5-11(8,9-3)10-4/h5,7H,1-4H3/b6-5-. The molecule has 0 atom stereocenters. The number of hydrogen-bond donors (Lipinski definition) is 1. The van der Waals surface area contributed by atoms with E-state index in [1.165, 1.54) is 20.0 Å². The highest BCUT2D eigenvalue weighted by molar-refractivity contribution is 7.57. The van der Waals surface area contributed by atoms with Crippen molar-refractivity contribution in [1.82, 2.24) is 5.32 Å². The minimum absolute atomic E-state index is 0.761. The molecule has 66 valence electrons. The summed E-state index contributed by atoms with van der Waals surface area (Å²) in [5.74, 6) is 1.44. The molecule has 0 aliphatic carbocycles. The highest BCUT2D eigenvalue weighted by Gasteiger charge is 2.16. The second kappa shape index (κ2) is 4.54. The van der Waals surface area contributed by atoms with Gasteiger partial charge in [-0.2, -0.15) is 0 Å². The van der Waals surface area contributed by atoms with Crippen molar-refractivity contribution in [2.45, 2.75) is 6.92 Å². The van der Waals surface area contributed by atoms with Gasteiger partial charge in [0.05, 0.1) is 0 Å². The Labute approximate surface area is 67.1 Å². The van der Waals surface area contributed by atoms with Crippen molar-refractivity contribution < 1.29 is 13.6 Å². The molecule has 0 aromatic heterocycles. The van der Waals surface area contributed by atoms with Gasteiger partial charge in [0.1, 0.15) is 0 Å². The smallest absolute Gasteiger partial charge is 0.355 e. The Bertz CT molecular complexity index is 182. The number of nitrogens with one attached hydrogen (secondary N) is 1. The number of rotatable bonds is 4. The molecule has 0 saturated carbocycles. The van der Waals surface area contributed by atoms with Crippen molar-refractivity contribution in [3.05, 3.63) is 11.5 Å². The van der Waals surface area contributed by atoms with E-state index in [0.29, 0.717) is 0 Å². The zero-order valence-corrected chi connectivity index (χ0v) is 8.14. The van der Waals surface area contributed by atoms with Gasteiger partial charge in [0.25, 0.3) is 0 Å². The first kappa shape index (κ1) is 10.7. The first-order valence-electron chi connectivity index (χ1n) is 3.16. The Morgan fingerprint density at radius 3 is 2.18 bits per heavy atom. The molecule has 0 aromatic carbocycles. The van der Waals surface area contributed by atoms with E-state index in [2.05, 4.69) is 14.4 Å². The minimum Gasteiger partial charge on any atom is -0.391 e. The summed E-state index contributed by atoms with van der Waals surface area (Å²) in [6, 6.07) is 0. The Hall–Kier alpha value is -0.310. The van der Waals surface area contributed by atoms with Crippen molar-refractivity contribution in [2.75, 3.05) is 21.3 Å². The normalized spacial score (nSPS) is 13.3. The SMILES string of the molecule is CN/C(C)=C\P(=O)(OC)OC. The van der Waals surface area contributed by atoms with Crippen LogP contribution in [0.25, 0.3) is 0 Å². The summed E-state index contributed by atoms with van der Waals surface area (Å²) < 4.78 is 20.7. The minimum atomic E-state index is -2.98. The molecule has 0 aliphatic heterocycles. The van der Waals surface area contributed by atoms with Crippen LogP contribution in [-0.2, 0) is 13.6 Å². The van der Waals surface area contributed by atoms with E-state index < -0.39 is 7.60 Å². The average Bonchev–Trinajstić information content (AvgIpc) is 2.04. The highest BCUT2D eigenvalue weighted by atomic mass is 31.2. The maximum absolute atomic E-state index is 11.4. The fourth-order valence-corrected chi connectivity index (χ4v) is 1.44. The van der Waals surface area contributed by atoms with Gasteiger partial charge in [-0.3, -0.25) is 4.57 Å². The van der Waals surface area contributed by atoms with Crippen LogP contribution in [0.5, 0.6) is 0 Å². The lowest BCUT2D eigenvalue weighted by Crippen LogP contribution is -2.01. The molecule has 0 heterocycles. The fourth-order valence-electron chi connectivity index (χ4n) is 0.482. The average molecular weight is 179 g/mol. The molecule has 0 aliphatic rings. The van der Waals surface area contributed by atoms with E-state index in [1.54, 1.807) is 14.0 Å². The summed E-state index contributed by atoms with van der Waals surface area (Å²) in [7, 11) is 1.46. The van der Waals surface area contributed by atoms with Crippen LogP contribution in [-0.4, -0.2) is 21.3 Å². The zero-order valence-electron chi connectivity index (χ0n) is 7.25. The van der Waals surface area contributed by atoms with E-state index >= 15 is 0 Å². The van der Waals surface area contributed by atoms with E-state index in [4.69, 9.17) is 0 Å². The third-order valence-electron chi connectivity index (χ3n) is 1.26. The Kier molecular flexibility index (Phi) is 4.42. The van der Waals surface area contributed by atoms with Gasteiger partial charge in [-0.05, 0) is 6.92 Å². The van der Waals surface area contributed by atoms with E-state index in [1.807, 2.05) is 0 Å². The Balaban J connectivity index is 4.42. The first-order valence-corrected chi connectivity index (χ1v) is 4.77. The summed E-state index contributed by atoms with van der Waals surface area (Å²) in [5, 5.41) is 2.82. The van der Waals surface area contributed by atoms with Gasteiger partial charge in [-0.15, -0.1) is 0 Å². The third kappa shape index (κ3) is 3.56. The van der Waals surface area contributed by atoms with Crippen LogP contribution in [0.1, 0.15) is 6.92 Å². The largest absolute Gasteiger partial charge is 0.391 e. The van der Waals surface area contributed by atoms with Crippen molar-refractivity contribution in [2.24, 2.45) is 0 Å². The molecular formula is C6H14NO3P. The van der Waals surface area contributed by atoms with Crippen LogP contribution < -0.4 is 5.32 Å². The van der Waals surface area contributed by atoms with Crippen LogP contribution >= 0.6 is 7.60 Å². The monoisotopic (exact) mass is 179 g/mol. The lowest BCUT2D eigenvalue weighted by Gasteiger charge is -2.09. The Morgan fingerprint density at radius 1 is 1.45 bits per heavy atom. The topological polar surface area (TPSA) is 47.6 Å². The molecule has 0 bridgehead atoms. The number of allylic oxidation sites excluding steroid dienone is 1. The van der Waals surface area contributed by atoms with Crippen LogP contribution in [0.3, 0.4) is 0 Å². The van der Waals surface area contributed by atoms with E-state index in [0.717, 1.165) is 5.70 Å². The molecular weight excluding hydrogens is 165 g/mol. The van der Waals surface area contributed by atoms with Gasteiger partial charge in [0.15, 0.2) is 0 Å². The van der Waals surface area contributed by atoms with Crippen molar-refractivity contribution >= 4 is 7.60 Å². The van der Waals surface area contributed by atoms with Crippen LogP contribution in [0.2, 0.25) is 0 Å². The lowest BCUT2D eigenvalue weighted by molar-refractivity contribution is 0.286. The quantitative estimate of drug-likeness (QED) is 0.665. The van der Waals surface area contributed by atoms with Crippen molar-refractivity contribution in [1.29, 1.82) is 0 Å². The van der Waals surface area contributed by atoms with Gasteiger partial charge in [0, 0.05) is 32.8 Å². The van der Waals surface area contributed by atoms with E-state index in [9.17, 15) is 4.57 Å². The van der Waals surface area contributed by atoms with Gasteiger partial charge >= 0.3 is 7.60 Å². The maximum Gasteiger partial charge on any atom is 0.355 e. The van der Waals surface area contributed by atoms with Crippen LogP contribution in [0, 0.1) is 0 Å². The molecule has 11 heavy (non-hydrogen) atoms. The second-order valence-corrected chi connectivity index (χ2v) is 4.04. The molecule has 0 saturated heterocycles. The van der Waals surface area contributed by atoms with Gasteiger partial charge < -0.3 is 14.4 Å². The molecule has 0 rings (SSSR count). The highest BCUT2D eigenvalue weighted by Crippen LogP contribution is 2.48.